The van der Waals surface area contributed by atoms with Gasteiger partial charge in [0, 0.05) is 19.3 Å². The minimum absolute atomic E-state index is 0.109. The van der Waals surface area contributed by atoms with Crippen molar-refractivity contribution in [1.29, 1.82) is 0 Å². The minimum atomic E-state index is -0.818. The second kappa shape index (κ2) is 69.0. The topological polar surface area (TPSA) is 78.9 Å². The Hall–Kier alpha value is -5.49. The van der Waals surface area contributed by atoms with Crippen molar-refractivity contribution in [3.05, 3.63) is 182 Å². The lowest BCUT2D eigenvalue weighted by Crippen LogP contribution is -2.30. The third-order valence-corrected chi connectivity index (χ3v) is 13.4. The lowest BCUT2D eigenvalue weighted by atomic mass is 10.1. The fourth-order valence-electron chi connectivity index (χ4n) is 8.52. The highest BCUT2D eigenvalue weighted by Crippen LogP contribution is 2.14. The molecule has 0 bridgehead atoms. The monoisotopic (exact) mass is 1140 g/mol. The van der Waals surface area contributed by atoms with Crippen LogP contribution in [-0.2, 0) is 28.6 Å². The van der Waals surface area contributed by atoms with Gasteiger partial charge in [-0.3, -0.25) is 14.4 Å². The average molecular weight is 1140 g/mol. The molecule has 0 aliphatic heterocycles. The molecule has 0 amide bonds. The molecule has 0 aliphatic carbocycles. The standard InChI is InChI=1S/C77H120O6/c1-4-7-10-13-16-19-22-25-28-31-33-35-37-38-40-41-43-46-49-52-55-58-61-64-67-70-76(79)82-73-74(72-81-75(78)69-66-63-60-57-54-51-48-45-30-27-24-21-18-15-12-9-6-3)83-77(80)71-68-65-62-59-56-53-50-47-44-42-39-36-34-32-29-26-23-20-17-14-11-8-5-2/h7-12,16-21,25-30,33-36,38,40,42,44,48,50-51,53,74H,4-6,13-15,22-24,31-32,37,39,41,43,45-47,49,52,54-73H2,1-3H3/b10-7-,11-8-,12-9-,19-16-,20-17-,21-18-,28-25-,29-26-,30-27-,35-33-,36-34-,40-38-,44-42-,51-48-,53-50-. The molecular formula is C77H120O6. The average Bonchev–Trinajstić information content (AvgIpc) is 3.49. The number of carbonyl (C=O) groups excluding carboxylic acids is 3. The summed E-state index contributed by atoms with van der Waals surface area (Å²) in [6, 6.07) is 0. The number of hydrogen-bond donors (Lipinski definition) is 0. The van der Waals surface area contributed by atoms with E-state index >= 15 is 0 Å². The Bertz CT molecular complexity index is 1940. The van der Waals surface area contributed by atoms with Crippen LogP contribution in [-0.4, -0.2) is 37.2 Å². The molecule has 0 aromatic carbocycles. The summed E-state index contributed by atoms with van der Waals surface area (Å²) in [5.41, 5.74) is 0. The van der Waals surface area contributed by atoms with Crippen LogP contribution in [0.5, 0.6) is 0 Å². The Morgan fingerprint density at radius 1 is 0.241 bits per heavy atom. The van der Waals surface area contributed by atoms with E-state index in [1.54, 1.807) is 0 Å². The van der Waals surface area contributed by atoms with Gasteiger partial charge < -0.3 is 14.2 Å². The van der Waals surface area contributed by atoms with Gasteiger partial charge in [0.05, 0.1) is 0 Å². The summed E-state index contributed by atoms with van der Waals surface area (Å²) >= 11 is 0. The molecule has 1 unspecified atom stereocenters. The largest absolute Gasteiger partial charge is 0.462 e. The van der Waals surface area contributed by atoms with E-state index in [4.69, 9.17) is 14.2 Å². The van der Waals surface area contributed by atoms with Crippen molar-refractivity contribution in [2.24, 2.45) is 0 Å². The summed E-state index contributed by atoms with van der Waals surface area (Å²) in [7, 11) is 0. The van der Waals surface area contributed by atoms with E-state index in [2.05, 4.69) is 203 Å². The minimum Gasteiger partial charge on any atom is -0.462 e. The second-order valence-electron chi connectivity index (χ2n) is 21.2. The highest BCUT2D eigenvalue weighted by molar-refractivity contribution is 5.71. The van der Waals surface area contributed by atoms with Crippen LogP contribution in [0.3, 0.4) is 0 Å². The van der Waals surface area contributed by atoms with Crippen molar-refractivity contribution in [3.8, 4) is 0 Å². The first-order valence-corrected chi connectivity index (χ1v) is 33.3. The van der Waals surface area contributed by atoms with Gasteiger partial charge in [0.15, 0.2) is 6.10 Å². The number of hydrogen-bond acceptors (Lipinski definition) is 6. The van der Waals surface area contributed by atoms with Crippen molar-refractivity contribution in [3.63, 3.8) is 0 Å². The summed E-state index contributed by atoms with van der Waals surface area (Å²) in [5, 5.41) is 0. The zero-order chi connectivity index (χ0) is 59.9. The first-order chi connectivity index (χ1) is 41.0. The number of allylic oxidation sites excluding steroid dienone is 30. The fraction of sp³-hybridized carbons (Fsp3) is 0.571. The van der Waals surface area contributed by atoms with Crippen molar-refractivity contribution in [2.75, 3.05) is 13.2 Å². The molecule has 6 nitrogen and oxygen atoms in total. The van der Waals surface area contributed by atoms with Crippen molar-refractivity contribution >= 4 is 17.9 Å². The van der Waals surface area contributed by atoms with Crippen LogP contribution in [0.25, 0.3) is 0 Å². The molecule has 0 N–H and O–H groups in total. The van der Waals surface area contributed by atoms with Crippen molar-refractivity contribution < 1.29 is 28.6 Å². The maximum absolute atomic E-state index is 12.9. The van der Waals surface area contributed by atoms with Gasteiger partial charge in [0.2, 0.25) is 0 Å². The van der Waals surface area contributed by atoms with Crippen molar-refractivity contribution in [2.45, 2.75) is 271 Å². The summed E-state index contributed by atoms with van der Waals surface area (Å²) < 4.78 is 16.9. The van der Waals surface area contributed by atoms with E-state index < -0.39 is 6.10 Å². The molecule has 0 aromatic rings. The van der Waals surface area contributed by atoms with Crippen LogP contribution < -0.4 is 0 Å². The van der Waals surface area contributed by atoms with Gasteiger partial charge in [0.1, 0.15) is 13.2 Å². The number of ether oxygens (including phenoxy) is 3. The molecule has 0 heterocycles. The predicted octanol–water partition coefficient (Wildman–Crippen LogP) is 23.2. The predicted molar refractivity (Wildman–Crippen MR) is 361 cm³/mol. The van der Waals surface area contributed by atoms with E-state index in [1.165, 1.54) is 38.5 Å². The number of rotatable bonds is 58. The summed E-state index contributed by atoms with van der Waals surface area (Å²) in [5.74, 6) is -0.968. The van der Waals surface area contributed by atoms with E-state index in [1.807, 2.05) is 0 Å². The molecule has 0 saturated carbocycles. The highest BCUT2D eigenvalue weighted by Gasteiger charge is 2.19. The van der Waals surface area contributed by atoms with Gasteiger partial charge >= 0.3 is 17.9 Å². The maximum Gasteiger partial charge on any atom is 0.306 e. The van der Waals surface area contributed by atoms with Gasteiger partial charge in [-0.2, -0.15) is 0 Å². The first-order valence-electron chi connectivity index (χ1n) is 33.3. The summed E-state index contributed by atoms with van der Waals surface area (Å²) in [6.07, 6.45) is 103. The number of esters is 3. The van der Waals surface area contributed by atoms with Crippen LogP contribution in [0.1, 0.15) is 265 Å². The molecule has 0 aromatic heterocycles. The normalized spacial score (nSPS) is 13.3. The molecule has 83 heavy (non-hydrogen) atoms. The zero-order valence-corrected chi connectivity index (χ0v) is 53.1. The van der Waals surface area contributed by atoms with Crippen LogP contribution in [0.4, 0.5) is 0 Å². The Morgan fingerprint density at radius 2 is 0.434 bits per heavy atom. The molecule has 1 atom stereocenters. The number of carbonyl (C=O) groups is 3. The van der Waals surface area contributed by atoms with Crippen LogP contribution in [0.15, 0.2) is 182 Å². The molecule has 0 fully saturated rings. The Morgan fingerprint density at radius 3 is 0.675 bits per heavy atom. The van der Waals surface area contributed by atoms with Gasteiger partial charge in [-0.15, -0.1) is 0 Å². The van der Waals surface area contributed by atoms with Crippen LogP contribution in [0.2, 0.25) is 0 Å². The number of unbranched alkanes of at least 4 members (excludes halogenated alkanes) is 17. The molecule has 6 heteroatoms. The van der Waals surface area contributed by atoms with E-state index in [0.717, 1.165) is 186 Å². The SMILES string of the molecule is CC/C=C\C/C=C\C/C=C\C/C=C\C/C=C\C/C=C\CCCCCCC(=O)OC(COC(=O)CCCCCC/C=C\C/C=C\C/C=C\C/C=C\CC)COC(=O)CCCCCCCCCCC/C=C\C/C=C\C/C=C\C/C=C\C/C=C\CC. The van der Waals surface area contributed by atoms with Crippen LogP contribution >= 0.6 is 0 Å². The highest BCUT2D eigenvalue weighted by atomic mass is 16.6. The molecule has 0 aliphatic rings. The molecule has 0 radical (unpaired) electrons. The quantitative estimate of drug-likeness (QED) is 0.0261. The maximum atomic E-state index is 12.9. The fourth-order valence-corrected chi connectivity index (χ4v) is 8.52. The van der Waals surface area contributed by atoms with Gasteiger partial charge in [-0.1, -0.05) is 274 Å². The third-order valence-electron chi connectivity index (χ3n) is 13.4. The van der Waals surface area contributed by atoms with E-state index in [9.17, 15) is 14.4 Å². The molecule has 464 valence electrons. The van der Waals surface area contributed by atoms with Gasteiger partial charge in [-0.25, -0.2) is 0 Å². The van der Waals surface area contributed by atoms with Crippen LogP contribution in [0, 0.1) is 0 Å². The Labute approximate surface area is 510 Å². The summed E-state index contributed by atoms with van der Waals surface area (Å²) in [6.45, 7) is 6.25. The summed E-state index contributed by atoms with van der Waals surface area (Å²) in [4.78, 5) is 38.4. The smallest absolute Gasteiger partial charge is 0.306 e. The lowest BCUT2D eigenvalue weighted by molar-refractivity contribution is -0.167. The molecular weight excluding hydrogens is 1020 g/mol. The van der Waals surface area contributed by atoms with Crippen molar-refractivity contribution in [1.82, 2.24) is 0 Å². The van der Waals surface area contributed by atoms with E-state index in [0.29, 0.717) is 12.8 Å². The van der Waals surface area contributed by atoms with Gasteiger partial charge in [-0.05, 0) is 154 Å². The zero-order valence-electron chi connectivity index (χ0n) is 53.1. The Balaban J connectivity index is 4.51. The molecule has 0 rings (SSSR count). The van der Waals surface area contributed by atoms with Gasteiger partial charge in [0.25, 0.3) is 0 Å². The Kier molecular flexibility index (Phi) is 64.4. The lowest BCUT2D eigenvalue weighted by Gasteiger charge is -2.18. The molecule has 0 saturated heterocycles. The third kappa shape index (κ3) is 67.2. The molecule has 0 spiro atoms. The first kappa shape index (κ1) is 77.5. The van der Waals surface area contributed by atoms with E-state index in [-0.39, 0.29) is 37.5 Å². The second-order valence-corrected chi connectivity index (χ2v) is 21.2.